The molecule has 0 spiro atoms. The summed E-state index contributed by atoms with van der Waals surface area (Å²) in [4.78, 5) is 15.2. The topological polar surface area (TPSA) is 39.2 Å². The summed E-state index contributed by atoms with van der Waals surface area (Å²) in [6.07, 6.45) is 3.47. The summed E-state index contributed by atoms with van der Waals surface area (Å²) < 4.78 is 4.82. The zero-order valence-electron chi connectivity index (χ0n) is 7.61. The number of nitrogens with zero attached hydrogens (tertiary/aromatic N) is 1. The molecule has 1 aromatic rings. The Labute approximate surface area is 81.5 Å². The lowest BCUT2D eigenvalue weighted by atomic mass is 10.3. The Bertz CT molecular complexity index is 284. The lowest BCUT2D eigenvalue weighted by molar-refractivity contribution is 0.0525. The van der Waals surface area contributed by atoms with Crippen molar-refractivity contribution in [3.8, 4) is 0 Å². The highest BCUT2D eigenvalue weighted by molar-refractivity contribution is 7.98. The molecule has 0 N–H and O–H groups in total. The van der Waals surface area contributed by atoms with Crippen molar-refractivity contribution in [2.45, 2.75) is 11.9 Å². The van der Waals surface area contributed by atoms with Crippen molar-refractivity contribution in [2.24, 2.45) is 0 Å². The highest BCUT2D eigenvalue weighted by atomic mass is 32.2. The van der Waals surface area contributed by atoms with Gasteiger partial charge in [0.25, 0.3) is 0 Å². The molecule has 1 heterocycles. The van der Waals surface area contributed by atoms with Crippen LogP contribution in [0.25, 0.3) is 0 Å². The maximum absolute atomic E-state index is 11.2. The molecule has 0 amide bonds. The first kappa shape index (κ1) is 10.1. The van der Waals surface area contributed by atoms with Crippen molar-refractivity contribution >= 4 is 17.7 Å². The van der Waals surface area contributed by atoms with Gasteiger partial charge in [-0.3, -0.25) is 0 Å². The van der Waals surface area contributed by atoms with Gasteiger partial charge < -0.3 is 4.74 Å². The van der Waals surface area contributed by atoms with Crippen LogP contribution in [0.15, 0.2) is 23.4 Å². The summed E-state index contributed by atoms with van der Waals surface area (Å²) in [5.41, 5.74) is 0.500. The standard InChI is InChI=1S/C9H11NO2S/c1-3-12-9(11)7-4-5-8(13-2)10-6-7/h4-6H,3H2,1-2H3. The molecule has 4 heteroatoms. The van der Waals surface area contributed by atoms with Gasteiger partial charge >= 0.3 is 5.97 Å². The van der Waals surface area contributed by atoms with Crippen molar-refractivity contribution in [3.63, 3.8) is 0 Å². The molecule has 0 aromatic carbocycles. The molecule has 0 atom stereocenters. The predicted octanol–water partition coefficient (Wildman–Crippen LogP) is 1.98. The third kappa shape index (κ3) is 2.73. The lowest BCUT2D eigenvalue weighted by Crippen LogP contribution is -2.04. The van der Waals surface area contributed by atoms with Crippen LogP contribution in [0.3, 0.4) is 0 Å². The second-order valence-electron chi connectivity index (χ2n) is 2.31. The fourth-order valence-electron chi connectivity index (χ4n) is 0.836. The quantitative estimate of drug-likeness (QED) is 0.548. The molecule has 0 aliphatic heterocycles. The van der Waals surface area contributed by atoms with E-state index in [4.69, 9.17) is 4.74 Å². The van der Waals surface area contributed by atoms with E-state index in [1.54, 1.807) is 19.1 Å². The maximum atomic E-state index is 11.2. The number of carbonyl (C=O) groups is 1. The van der Waals surface area contributed by atoms with Crippen molar-refractivity contribution in [1.29, 1.82) is 0 Å². The molecule has 13 heavy (non-hydrogen) atoms. The van der Waals surface area contributed by atoms with E-state index < -0.39 is 0 Å². The SMILES string of the molecule is CCOC(=O)c1ccc(SC)nc1. The van der Waals surface area contributed by atoms with Crippen LogP contribution in [0.1, 0.15) is 17.3 Å². The van der Waals surface area contributed by atoms with E-state index in [2.05, 4.69) is 4.98 Å². The number of hydrogen-bond acceptors (Lipinski definition) is 4. The van der Waals surface area contributed by atoms with Gasteiger partial charge in [0, 0.05) is 6.20 Å². The van der Waals surface area contributed by atoms with Gasteiger partial charge in [0.1, 0.15) is 0 Å². The van der Waals surface area contributed by atoms with Crippen LogP contribution in [0.5, 0.6) is 0 Å². The smallest absolute Gasteiger partial charge is 0.339 e. The second kappa shape index (κ2) is 4.87. The third-order valence-corrected chi connectivity index (χ3v) is 2.12. The fourth-order valence-corrected chi connectivity index (χ4v) is 1.20. The van der Waals surface area contributed by atoms with Crippen LogP contribution in [-0.4, -0.2) is 23.8 Å². The number of thioether (sulfide) groups is 1. The summed E-state index contributed by atoms with van der Waals surface area (Å²) in [6.45, 7) is 2.17. The van der Waals surface area contributed by atoms with E-state index in [-0.39, 0.29) is 5.97 Å². The summed E-state index contributed by atoms with van der Waals surface area (Å²) in [5, 5.41) is 0.896. The minimum absolute atomic E-state index is 0.317. The molecule has 1 aromatic heterocycles. The largest absolute Gasteiger partial charge is 0.462 e. The first-order valence-electron chi connectivity index (χ1n) is 3.95. The summed E-state index contributed by atoms with van der Waals surface area (Å²) in [7, 11) is 0. The molecule has 3 nitrogen and oxygen atoms in total. The highest BCUT2D eigenvalue weighted by Gasteiger charge is 2.05. The Morgan fingerprint density at radius 2 is 2.38 bits per heavy atom. The second-order valence-corrected chi connectivity index (χ2v) is 3.14. The van der Waals surface area contributed by atoms with E-state index in [9.17, 15) is 4.79 Å². The first-order chi connectivity index (χ1) is 6.27. The molecule has 0 aliphatic rings. The molecule has 1 rings (SSSR count). The molecule has 0 unspecified atom stereocenters. The van der Waals surface area contributed by atoms with Gasteiger partial charge in [-0.2, -0.15) is 0 Å². The van der Waals surface area contributed by atoms with Crippen molar-refractivity contribution in [3.05, 3.63) is 23.9 Å². The van der Waals surface area contributed by atoms with E-state index in [0.717, 1.165) is 5.03 Å². The molecular formula is C9H11NO2S. The highest BCUT2D eigenvalue weighted by Crippen LogP contribution is 2.11. The average Bonchev–Trinajstić information content (AvgIpc) is 2.18. The Morgan fingerprint density at radius 3 is 2.85 bits per heavy atom. The first-order valence-corrected chi connectivity index (χ1v) is 5.17. The van der Waals surface area contributed by atoms with Crippen LogP contribution in [0.2, 0.25) is 0 Å². The summed E-state index contributed by atoms with van der Waals surface area (Å²) in [6, 6.07) is 3.52. The van der Waals surface area contributed by atoms with Crippen molar-refractivity contribution in [2.75, 3.05) is 12.9 Å². The van der Waals surface area contributed by atoms with Gasteiger partial charge in [-0.05, 0) is 25.3 Å². The maximum Gasteiger partial charge on any atom is 0.339 e. The van der Waals surface area contributed by atoms with Crippen LogP contribution >= 0.6 is 11.8 Å². The number of ether oxygens (including phenoxy) is 1. The van der Waals surface area contributed by atoms with E-state index in [0.29, 0.717) is 12.2 Å². The lowest BCUT2D eigenvalue weighted by Gasteiger charge is -2.01. The van der Waals surface area contributed by atoms with Gasteiger partial charge in [0.05, 0.1) is 17.2 Å². The van der Waals surface area contributed by atoms with Crippen LogP contribution in [0.4, 0.5) is 0 Å². The van der Waals surface area contributed by atoms with Gasteiger partial charge in [0.15, 0.2) is 0 Å². The number of hydrogen-bond donors (Lipinski definition) is 0. The normalized spacial score (nSPS) is 9.69. The van der Waals surface area contributed by atoms with Gasteiger partial charge in [-0.15, -0.1) is 11.8 Å². The summed E-state index contributed by atoms with van der Waals surface area (Å²) in [5.74, 6) is -0.317. The van der Waals surface area contributed by atoms with Crippen LogP contribution in [-0.2, 0) is 4.74 Å². The Hall–Kier alpha value is -1.03. The Balaban J connectivity index is 2.74. The number of esters is 1. The molecule has 0 saturated heterocycles. The summed E-state index contributed by atoms with van der Waals surface area (Å²) >= 11 is 1.54. The van der Waals surface area contributed by atoms with Crippen LogP contribution < -0.4 is 0 Å². The number of aromatic nitrogens is 1. The fraction of sp³-hybridized carbons (Fsp3) is 0.333. The molecule has 0 fully saturated rings. The molecule has 0 bridgehead atoms. The minimum atomic E-state index is -0.317. The average molecular weight is 197 g/mol. The van der Waals surface area contributed by atoms with Crippen molar-refractivity contribution in [1.82, 2.24) is 4.98 Å². The Morgan fingerprint density at radius 1 is 1.62 bits per heavy atom. The zero-order chi connectivity index (χ0) is 9.68. The van der Waals surface area contributed by atoms with E-state index >= 15 is 0 Å². The molecule has 0 radical (unpaired) electrons. The molecular weight excluding hydrogens is 186 g/mol. The minimum Gasteiger partial charge on any atom is -0.462 e. The van der Waals surface area contributed by atoms with Crippen LogP contribution in [0, 0.1) is 0 Å². The third-order valence-electron chi connectivity index (χ3n) is 1.46. The number of rotatable bonds is 3. The molecule has 70 valence electrons. The van der Waals surface area contributed by atoms with Gasteiger partial charge in [-0.25, -0.2) is 9.78 Å². The van der Waals surface area contributed by atoms with E-state index in [1.165, 1.54) is 18.0 Å². The van der Waals surface area contributed by atoms with E-state index in [1.807, 2.05) is 6.26 Å². The van der Waals surface area contributed by atoms with Gasteiger partial charge in [0.2, 0.25) is 0 Å². The monoisotopic (exact) mass is 197 g/mol. The predicted molar refractivity (Wildman–Crippen MR) is 52.0 cm³/mol. The van der Waals surface area contributed by atoms with Crippen molar-refractivity contribution < 1.29 is 9.53 Å². The molecule has 0 aliphatic carbocycles. The van der Waals surface area contributed by atoms with Gasteiger partial charge in [-0.1, -0.05) is 0 Å². The zero-order valence-corrected chi connectivity index (χ0v) is 8.43. The number of carbonyl (C=O) groups excluding carboxylic acids is 1. The molecule has 0 saturated carbocycles. The number of pyridine rings is 1. The Kier molecular flexibility index (Phi) is 3.76.